The molecule has 1 N–H and O–H groups in total. The van der Waals surface area contributed by atoms with Gasteiger partial charge in [-0.15, -0.1) is 0 Å². The van der Waals surface area contributed by atoms with Gasteiger partial charge in [0.15, 0.2) is 0 Å². The van der Waals surface area contributed by atoms with Crippen molar-refractivity contribution in [2.45, 2.75) is 38.3 Å². The second-order valence-electron chi connectivity index (χ2n) is 5.03. The summed E-state index contributed by atoms with van der Waals surface area (Å²) in [6.45, 7) is 5.39. The summed E-state index contributed by atoms with van der Waals surface area (Å²) >= 11 is 0. The molecule has 114 valence electrons. The maximum atomic E-state index is 12.7. The van der Waals surface area contributed by atoms with Crippen LogP contribution in [0.5, 0.6) is 0 Å². The lowest BCUT2D eigenvalue weighted by atomic mass is 10.3. The summed E-state index contributed by atoms with van der Waals surface area (Å²) < 4.78 is 32.0. The molecule has 2 aromatic heterocycles. The van der Waals surface area contributed by atoms with E-state index in [2.05, 4.69) is 4.98 Å². The Morgan fingerprint density at radius 3 is 2.52 bits per heavy atom. The second kappa shape index (κ2) is 5.87. The molecule has 0 atom stereocenters. The molecule has 2 heterocycles. The Labute approximate surface area is 123 Å². The Balaban J connectivity index is 2.42. The molecular weight excluding hydrogens is 292 g/mol. The van der Waals surface area contributed by atoms with Crippen molar-refractivity contribution in [3.63, 3.8) is 0 Å². The topological polar surface area (TPSA) is 83.4 Å². The molecule has 0 fully saturated rings. The van der Waals surface area contributed by atoms with Gasteiger partial charge < -0.3 is 9.40 Å². The third-order valence-electron chi connectivity index (χ3n) is 3.06. The molecule has 0 aliphatic heterocycles. The van der Waals surface area contributed by atoms with E-state index < -0.39 is 15.5 Å². The largest absolute Gasteiger partial charge is 0.465 e. The van der Waals surface area contributed by atoms with E-state index in [4.69, 9.17) is 4.42 Å². The maximum absolute atomic E-state index is 12.7. The average molecular weight is 310 g/mol. The molecule has 2 aromatic rings. The van der Waals surface area contributed by atoms with Crippen LogP contribution in [0, 0.1) is 6.92 Å². The van der Waals surface area contributed by atoms with Crippen LogP contribution in [0.3, 0.4) is 0 Å². The summed E-state index contributed by atoms with van der Waals surface area (Å²) in [5, 5.41) is 0. The lowest BCUT2D eigenvalue weighted by Gasteiger charge is -2.24. The Kier molecular flexibility index (Phi) is 4.34. The van der Waals surface area contributed by atoms with Crippen LogP contribution in [0.25, 0.3) is 0 Å². The fourth-order valence-corrected chi connectivity index (χ4v) is 3.64. The number of pyridine rings is 1. The molecule has 0 aliphatic carbocycles. The highest BCUT2D eigenvalue weighted by Crippen LogP contribution is 2.19. The smallest absolute Gasteiger partial charge is 0.249 e. The van der Waals surface area contributed by atoms with E-state index in [0.717, 1.165) is 0 Å². The van der Waals surface area contributed by atoms with Crippen LogP contribution >= 0.6 is 0 Å². The fourth-order valence-electron chi connectivity index (χ4n) is 2.00. The SMILES string of the molecule is Cc1ccc(CN(C(C)C)S(=O)(=O)c2c[nH]ccc2=O)o1. The lowest BCUT2D eigenvalue weighted by Crippen LogP contribution is -2.38. The standard InChI is InChI=1S/C14H18N2O4S/c1-10(2)16(9-12-5-4-11(3)20-12)21(18,19)14-8-15-7-6-13(14)17/h4-8,10H,9H2,1-3H3,(H,15,17). The molecule has 0 bridgehead atoms. The third kappa shape index (κ3) is 3.25. The molecule has 0 unspecified atom stereocenters. The predicted octanol–water partition coefficient (Wildman–Crippen LogP) is 1.88. The maximum Gasteiger partial charge on any atom is 0.249 e. The summed E-state index contributed by atoms with van der Waals surface area (Å²) in [5.74, 6) is 1.25. The highest BCUT2D eigenvalue weighted by Gasteiger charge is 2.30. The molecular formula is C14H18N2O4S. The first-order chi connectivity index (χ1) is 9.82. The number of aryl methyl sites for hydroxylation is 1. The molecule has 0 spiro atoms. The second-order valence-corrected chi connectivity index (χ2v) is 6.89. The molecule has 0 radical (unpaired) electrons. The Bertz CT molecular complexity index is 774. The van der Waals surface area contributed by atoms with Crippen molar-refractivity contribution < 1.29 is 12.8 Å². The van der Waals surface area contributed by atoms with Crippen molar-refractivity contribution in [2.75, 3.05) is 0 Å². The number of furan rings is 1. The van der Waals surface area contributed by atoms with E-state index in [1.54, 1.807) is 32.9 Å². The van der Waals surface area contributed by atoms with Gasteiger partial charge in [0.2, 0.25) is 15.5 Å². The van der Waals surface area contributed by atoms with Gasteiger partial charge in [0.05, 0.1) is 6.54 Å². The molecule has 0 saturated heterocycles. The van der Waals surface area contributed by atoms with E-state index in [0.29, 0.717) is 11.5 Å². The first kappa shape index (κ1) is 15.5. The van der Waals surface area contributed by atoms with Crippen LogP contribution in [0.1, 0.15) is 25.4 Å². The molecule has 0 saturated carbocycles. The minimum atomic E-state index is -3.89. The zero-order valence-corrected chi connectivity index (χ0v) is 13.0. The normalized spacial score (nSPS) is 12.2. The first-order valence-corrected chi connectivity index (χ1v) is 8.00. The zero-order chi connectivity index (χ0) is 15.6. The van der Waals surface area contributed by atoms with E-state index in [-0.39, 0.29) is 17.5 Å². The number of hydrogen-bond acceptors (Lipinski definition) is 4. The number of nitrogens with one attached hydrogen (secondary N) is 1. The minimum Gasteiger partial charge on any atom is -0.465 e. The highest BCUT2D eigenvalue weighted by molar-refractivity contribution is 7.89. The van der Waals surface area contributed by atoms with Gasteiger partial charge >= 0.3 is 0 Å². The quantitative estimate of drug-likeness (QED) is 0.914. The van der Waals surface area contributed by atoms with Crippen molar-refractivity contribution in [3.8, 4) is 0 Å². The van der Waals surface area contributed by atoms with Crippen LogP contribution in [-0.2, 0) is 16.6 Å². The number of nitrogens with zero attached hydrogens (tertiary/aromatic N) is 1. The number of sulfonamides is 1. The van der Waals surface area contributed by atoms with E-state index in [9.17, 15) is 13.2 Å². The molecule has 6 nitrogen and oxygen atoms in total. The Morgan fingerprint density at radius 2 is 2.00 bits per heavy atom. The van der Waals surface area contributed by atoms with Crippen molar-refractivity contribution in [2.24, 2.45) is 0 Å². The van der Waals surface area contributed by atoms with E-state index in [1.165, 1.54) is 22.8 Å². The van der Waals surface area contributed by atoms with Crippen molar-refractivity contribution >= 4 is 10.0 Å². The number of aromatic amines is 1. The molecule has 7 heteroatoms. The van der Waals surface area contributed by atoms with E-state index >= 15 is 0 Å². The highest BCUT2D eigenvalue weighted by atomic mass is 32.2. The Morgan fingerprint density at radius 1 is 1.29 bits per heavy atom. The van der Waals surface area contributed by atoms with Gasteiger partial charge in [-0.1, -0.05) is 0 Å². The van der Waals surface area contributed by atoms with Crippen LogP contribution < -0.4 is 5.43 Å². The van der Waals surface area contributed by atoms with Gasteiger partial charge in [-0.2, -0.15) is 4.31 Å². The van der Waals surface area contributed by atoms with Crippen molar-refractivity contribution in [1.29, 1.82) is 0 Å². The fraction of sp³-hybridized carbons (Fsp3) is 0.357. The van der Waals surface area contributed by atoms with Crippen LogP contribution in [0.4, 0.5) is 0 Å². The lowest BCUT2D eigenvalue weighted by molar-refractivity contribution is 0.314. The zero-order valence-electron chi connectivity index (χ0n) is 12.2. The van der Waals surface area contributed by atoms with Crippen LogP contribution in [0.15, 0.2) is 44.7 Å². The number of hydrogen-bond donors (Lipinski definition) is 1. The van der Waals surface area contributed by atoms with Gasteiger partial charge in [0, 0.05) is 24.5 Å². The number of H-pyrrole nitrogens is 1. The number of aromatic nitrogens is 1. The minimum absolute atomic E-state index is 0.0855. The summed E-state index contributed by atoms with van der Waals surface area (Å²) in [5.41, 5.74) is -0.532. The summed E-state index contributed by atoms with van der Waals surface area (Å²) in [6, 6.07) is 4.40. The monoisotopic (exact) mass is 310 g/mol. The average Bonchev–Trinajstić information content (AvgIpc) is 2.81. The molecule has 0 aliphatic rings. The molecule has 2 rings (SSSR count). The van der Waals surface area contributed by atoms with E-state index in [1.807, 2.05) is 0 Å². The van der Waals surface area contributed by atoms with Gasteiger partial charge in [0.1, 0.15) is 16.4 Å². The van der Waals surface area contributed by atoms with Gasteiger partial charge in [0.25, 0.3) is 0 Å². The Hall–Kier alpha value is -1.86. The van der Waals surface area contributed by atoms with Gasteiger partial charge in [-0.25, -0.2) is 8.42 Å². The van der Waals surface area contributed by atoms with Crippen molar-refractivity contribution in [1.82, 2.24) is 9.29 Å². The summed E-state index contributed by atoms with van der Waals surface area (Å²) in [7, 11) is -3.89. The predicted molar refractivity (Wildman–Crippen MR) is 78.4 cm³/mol. The van der Waals surface area contributed by atoms with Crippen LogP contribution in [-0.4, -0.2) is 23.7 Å². The van der Waals surface area contributed by atoms with Crippen molar-refractivity contribution in [3.05, 3.63) is 52.3 Å². The molecule has 0 amide bonds. The first-order valence-electron chi connectivity index (χ1n) is 6.56. The summed E-state index contributed by atoms with van der Waals surface area (Å²) in [4.78, 5) is 14.2. The van der Waals surface area contributed by atoms with Gasteiger partial charge in [-0.3, -0.25) is 4.79 Å². The van der Waals surface area contributed by atoms with Crippen LogP contribution in [0.2, 0.25) is 0 Å². The van der Waals surface area contributed by atoms with Gasteiger partial charge in [-0.05, 0) is 32.9 Å². The molecule has 0 aromatic carbocycles. The summed E-state index contributed by atoms with van der Waals surface area (Å²) in [6.07, 6.45) is 2.61. The third-order valence-corrected chi connectivity index (χ3v) is 5.10. The number of rotatable bonds is 5. The molecule has 21 heavy (non-hydrogen) atoms.